The standard InChI is InChI=1S/C23H29FN4O2/c1-18(19-5-3-2-4-6-19)15-25-22(29)16-27-11-13-28(14-12-27)17-23(30)26-21-9-7-20(24)8-10-21/h2-10,18H,11-17H2,1H3,(H,25,29)(H,26,30)/t18-/m1/s1. The van der Waals surface area contributed by atoms with Crippen LogP contribution in [0.15, 0.2) is 54.6 Å². The highest BCUT2D eigenvalue weighted by atomic mass is 19.1. The van der Waals surface area contributed by atoms with Crippen molar-refractivity contribution in [2.45, 2.75) is 12.8 Å². The first-order valence-electron chi connectivity index (χ1n) is 10.3. The molecule has 2 aromatic carbocycles. The number of nitrogens with zero attached hydrogens (tertiary/aromatic N) is 2. The Morgan fingerprint density at radius 2 is 1.47 bits per heavy atom. The Labute approximate surface area is 177 Å². The van der Waals surface area contributed by atoms with Gasteiger partial charge in [-0.3, -0.25) is 19.4 Å². The summed E-state index contributed by atoms with van der Waals surface area (Å²) in [6.45, 7) is 6.31. The molecule has 1 saturated heterocycles. The molecule has 0 aliphatic carbocycles. The Hall–Kier alpha value is -2.77. The second kappa shape index (κ2) is 10.8. The predicted molar refractivity (Wildman–Crippen MR) is 116 cm³/mol. The van der Waals surface area contributed by atoms with Crippen LogP contribution in [0.1, 0.15) is 18.4 Å². The number of amides is 2. The van der Waals surface area contributed by atoms with Gasteiger partial charge in [0.05, 0.1) is 13.1 Å². The third-order valence-electron chi connectivity index (χ3n) is 5.30. The van der Waals surface area contributed by atoms with Gasteiger partial charge in [-0.1, -0.05) is 37.3 Å². The topological polar surface area (TPSA) is 64.7 Å². The van der Waals surface area contributed by atoms with Gasteiger partial charge in [-0.2, -0.15) is 0 Å². The zero-order valence-electron chi connectivity index (χ0n) is 17.3. The average Bonchev–Trinajstić information content (AvgIpc) is 2.75. The van der Waals surface area contributed by atoms with E-state index < -0.39 is 0 Å². The third kappa shape index (κ3) is 6.93. The summed E-state index contributed by atoms with van der Waals surface area (Å²) in [5.74, 6) is -0.155. The first-order valence-corrected chi connectivity index (χ1v) is 10.3. The van der Waals surface area contributed by atoms with E-state index in [1.807, 2.05) is 18.2 Å². The van der Waals surface area contributed by atoms with Gasteiger partial charge >= 0.3 is 0 Å². The fourth-order valence-corrected chi connectivity index (χ4v) is 3.47. The van der Waals surface area contributed by atoms with Crippen molar-refractivity contribution in [3.8, 4) is 0 Å². The first kappa shape index (κ1) is 21.9. The first-order chi connectivity index (χ1) is 14.5. The number of benzene rings is 2. The molecule has 1 aliphatic rings. The van der Waals surface area contributed by atoms with E-state index in [1.54, 1.807) is 12.1 Å². The number of carbonyl (C=O) groups excluding carboxylic acids is 2. The van der Waals surface area contributed by atoms with Crippen molar-refractivity contribution >= 4 is 17.5 Å². The fourth-order valence-electron chi connectivity index (χ4n) is 3.47. The molecule has 1 aliphatic heterocycles. The number of rotatable bonds is 8. The molecule has 160 valence electrons. The van der Waals surface area contributed by atoms with Gasteiger partial charge in [0.1, 0.15) is 5.82 Å². The van der Waals surface area contributed by atoms with E-state index in [2.05, 4.69) is 39.5 Å². The van der Waals surface area contributed by atoms with Gasteiger partial charge in [-0.05, 0) is 35.7 Å². The lowest BCUT2D eigenvalue weighted by Crippen LogP contribution is -2.51. The minimum Gasteiger partial charge on any atom is -0.354 e. The number of hydrogen-bond donors (Lipinski definition) is 2. The molecule has 0 unspecified atom stereocenters. The Balaban J connectivity index is 1.33. The van der Waals surface area contributed by atoms with Crippen molar-refractivity contribution in [2.75, 3.05) is 51.1 Å². The van der Waals surface area contributed by atoms with Crippen molar-refractivity contribution in [2.24, 2.45) is 0 Å². The summed E-state index contributed by atoms with van der Waals surface area (Å²) < 4.78 is 12.9. The predicted octanol–water partition coefficient (Wildman–Crippen LogP) is 2.30. The summed E-state index contributed by atoms with van der Waals surface area (Å²) in [6.07, 6.45) is 0. The van der Waals surface area contributed by atoms with Crippen LogP contribution in [0.3, 0.4) is 0 Å². The molecule has 6 nitrogen and oxygen atoms in total. The van der Waals surface area contributed by atoms with E-state index in [0.717, 1.165) is 26.2 Å². The molecule has 1 heterocycles. The summed E-state index contributed by atoms with van der Waals surface area (Å²) in [7, 11) is 0. The van der Waals surface area contributed by atoms with Crippen LogP contribution >= 0.6 is 0 Å². The smallest absolute Gasteiger partial charge is 0.238 e. The minimum atomic E-state index is -0.331. The van der Waals surface area contributed by atoms with Crippen molar-refractivity contribution in [3.63, 3.8) is 0 Å². The molecule has 3 rings (SSSR count). The average molecular weight is 413 g/mol. The van der Waals surface area contributed by atoms with E-state index in [9.17, 15) is 14.0 Å². The number of nitrogens with one attached hydrogen (secondary N) is 2. The molecule has 30 heavy (non-hydrogen) atoms. The van der Waals surface area contributed by atoms with Crippen LogP contribution in [0.4, 0.5) is 10.1 Å². The Kier molecular flexibility index (Phi) is 7.93. The lowest BCUT2D eigenvalue weighted by molar-refractivity contribution is -0.123. The highest BCUT2D eigenvalue weighted by molar-refractivity contribution is 5.92. The van der Waals surface area contributed by atoms with Crippen molar-refractivity contribution in [3.05, 3.63) is 66.0 Å². The van der Waals surface area contributed by atoms with Crippen molar-refractivity contribution in [1.82, 2.24) is 15.1 Å². The Bertz CT molecular complexity index is 821. The molecule has 0 bridgehead atoms. The van der Waals surface area contributed by atoms with E-state index in [-0.39, 0.29) is 30.1 Å². The largest absolute Gasteiger partial charge is 0.354 e. The van der Waals surface area contributed by atoms with Crippen molar-refractivity contribution in [1.29, 1.82) is 0 Å². The van der Waals surface area contributed by atoms with Gasteiger partial charge in [0.25, 0.3) is 0 Å². The summed E-state index contributed by atoms with van der Waals surface area (Å²) in [5.41, 5.74) is 1.80. The van der Waals surface area contributed by atoms with Crippen LogP contribution in [-0.2, 0) is 9.59 Å². The van der Waals surface area contributed by atoms with Gasteiger partial charge in [0.2, 0.25) is 11.8 Å². The molecule has 2 N–H and O–H groups in total. The number of anilines is 1. The van der Waals surface area contributed by atoms with Gasteiger partial charge in [0, 0.05) is 38.4 Å². The van der Waals surface area contributed by atoms with Crippen LogP contribution in [0.2, 0.25) is 0 Å². The number of halogens is 1. The van der Waals surface area contributed by atoms with E-state index in [0.29, 0.717) is 18.8 Å². The summed E-state index contributed by atoms with van der Waals surface area (Å²) in [4.78, 5) is 28.6. The van der Waals surface area contributed by atoms with Crippen LogP contribution in [-0.4, -0.2) is 67.4 Å². The van der Waals surface area contributed by atoms with E-state index >= 15 is 0 Å². The molecule has 0 aromatic heterocycles. The summed E-state index contributed by atoms with van der Waals surface area (Å²) in [5, 5.41) is 5.79. The van der Waals surface area contributed by atoms with Gasteiger partial charge in [-0.15, -0.1) is 0 Å². The summed E-state index contributed by atoms with van der Waals surface area (Å²) >= 11 is 0. The zero-order valence-corrected chi connectivity index (χ0v) is 17.3. The van der Waals surface area contributed by atoms with Gasteiger partial charge < -0.3 is 10.6 Å². The van der Waals surface area contributed by atoms with Crippen LogP contribution < -0.4 is 10.6 Å². The molecule has 7 heteroatoms. The van der Waals surface area contributed by atoms with Crippen molar-refractivity contribution < 1.29 is 14.0 Å². The molecule has 1 fully saturated rings. The molecule has 0 radical (unpaired) electrons. The Morgan fingerprint density at radius 3 is 2.07 bits per heavy atom. The second-order valence-corrected chi connectivity index (χ2v) is 7.72. The number of piperazine rings is 1. The fraction of sp³-hybridized carbons (Fsp3) is 0.391. The maximum atomic E-state index is 12.9. The van der Waals surface area contributed by atoms with Gasteiger partial charge in [0.15, 0.2) is 0 Å². The molecule has 2 amide bonds. The van der Waals surface area contributed by atoms with Crippen LogP contribution in [0.25, 0.3) is 0 Å². The highest BCUT2D eigenvalue weighted by Crippen LogP contribution is 2.13. The quantitative estimate of drug-likeness (QED) is 0.698. The van der Waals surface area contributed by atoms with Crippen LogP contribution in [0, 0.1) is 5.82 Å². The minimum absolute atomic E-state index is 0.0280. The number of hydrogen-bond acceptors (Lipinski definition) is 4. The summed E-state index contributed by atoms with van der Waals surface area (Å²) in [6, 6.07) is 15.9. The maximum Gasteiger partial charge on any atom is 0.238 e. The normalized spacial score (nSPS) is 16.1. The monoisotopic (exact) mass is 412 g/mol. The zero-order chi connectivity index (χ0) is 21.3. The lowest BCUT2D eigenvalue weighted by atomic mass is 10.0. The third-order valence-corrected chi connectivity index (χ3v) is 5.30. The number of carbonyl (C=O) groups is 2. The molecular formula is C23H29FN4O2. The molecule has 0 saturated carbocycles. The molecular weight excluding hydrogens is 383 g/mol. The highest BCUT2D eigenvalue weighted by Gasteiger charge is 2.21. The SMILES string of the molecule is C[C@H](CNC(=O)CN1CCN(CC(=O)Nc2ccc(F)cc2)CC1)c1ccccc1. The van der Waals surface area contributed by atoms with Crippen LogP contribution in [0.5, 0.6) is 0 Å². The molecule has 1 atom stereocenters. The molecule has 0 spiro atoms. The molecule has 2 aromatic rings. The lowest BCUT2D eigenvalue weighted by Gasteiger charge is -2.33. The maximum absolute atomic E-state index is 12.9. The van der Waals surface area contributed by atoms with Gasteiger partial charge in [-0.25, -0.2) is 4.39 Å². The Morgan fingerprint density at radius 1 is 0.900 bits per heavy atom. The second-order valence-electron chi connectivity index (χ2n) is 7.72. The van der Waals surface area contributed by atoms with E-state index in [1.165, 1.54) is 17.7 Å². The van der Waals surface area contributed by atoms with E-state index in [4.69, 9.17) is 0 Å².